The summed E-state index contributed by atoms with van der Waals surface area (Å²) in [7, 11) is 1.80. The lowest BCUT2D eigenvalue weighted by Crippen LogP contribution is -2.45. The van der Waals surface area contributed by atoms with E-state index in [0.717, 1.165) is 51.6 Å². The summed E-state index contributed by atoms with van der Waals surface area (Å²) in [6, 6.07) is 19.5. The number of benzene rings is 2. The zero-order valence-electron chi connectivity index (χ0n) is 19.5. The summed E-state index contributed by atoms with van der Waals surface area (Å²) < 4.78 is 0. The number of guanidine groups is 1. The molecule has 2 aromatic carbocycles. The predicted octanol–water partition coefficient (Wildman–Crippen LogP) is 3.76. The molecule has 4 rings (SSSR count). The number of rotatable bonds is 8. The number of hydrogen-bond acceptors (Lipinski definition) is 3. The SMILES string of the molecule is CN=C(NCCCC(=O)N1Cc2ccccc2C1)NCC1CCCN1Cc1ccccc1.I. The number of amides is 1. The van der Waals surface area contributed by atoms with Gasteiger partial charge in [0.15, 0.2) is 5.96 Å². The second-order valence-corrected chi connectivity index (χ2v) is 8.75. The molecule has 178 valence electrons. The molecule has 1 fully saturated rings. The maximum absolute atomic E-state index is 12.6. The molecule has 0 bridgehead atoms. The number of fused-ring (bicyclic) bond motifs is 1. The number of nitrogens with one attached hydrogen (secondary N) is 2. The van der Waals surface area contributed by atoms with Gasteiger partial charge < -0.3 is 15.5 Å². The smallest absolute Gasteiger partial charge is 0.223 e. The Kier molecular flexibility index (Phi) is 9.99. The molecular weight excluding hydrogens is 525 g/mol. The van der Waals surface area contributed by atoms with E-state index in [4.69, 9.17) is 0 Å². The maximum Gasteiger partial charge on any atom is 0.223 e. The summed E-state index contributed by atoms with van der Waals surface area (Å²) in [4.78, 5) is 21.4. The van der Waals surface area contributed by atoms with Gasteiger partial charge in [0.2, 0.25) is 5.91 Å². The third kappa shape index (κ3) is 7.17. The molecule has 7 heteroatoms. The van der Waals surface area contributed by atoms with Crippen LogP contribution < -0.4 is 10.6 Å². The fraction of sp³-hybridized carbons (Fsp3) is 0.462. The first kappa shape index (κ1) is 25.5. The van der Waals surface area contributed by atoms with Gasteiger partial charge in [0.25, 0.3) is 0 Å². The van der Waals surface area contributed by atoms with Crippen LogP contribution in [-0.2, 0) is 24.4 Å². The van der Waals surface area contributed by atoms with Gasteiger partial charge in [-0.25, -0.2) is 0 Å². The molecule has 0 radical (unpaired) electrons. The quantitative estimate of drug-likeness (QED) is 0.223. The molecule has 2 N–H and O–H groups in total. The normalized spacial score (nSPS) is 18.0. The first-order chi connectivity index (χ1) is 15.7. The molecule has 2 aromatic rings. The van der Waals surface area contributed by atoms with E-state index < -0.39 is 0 Å². The number of carbonyl (C=O) groups is 1. The standard InChI is InChI=1S/C26H35N5O.HI/c1-27-26(29-17-24-13-8-16-30(24)18-21-9-3-2-4-10-21)28-15-7-14-25(32)31-19-22-11-5-6-12-23(22)20-31;/h2-6,9-12,24H,7-8,13-20H2,1H3,(H2,27,28,29);1H. The minimum absolute atomic E-state index is 0. The Balaban J connectivity index is 0.00000306. The average Bonchev–Trinajstić information content (AvgIpc) is 3.46. The third-order valence-electron chi connectivity index (χ3n) is 6.51. The second kappa shape index (κ2) is 12.9. The van der Waals surface area contributed by atoms with Crippen LogP contribution >= 0.6 is 24.0 Å². The Bertz CT molecular complexity index is 895. The van der Waals surface area contributed by atoms with E-state index >= 15 is 0 Å². The summed E-state index contributed by atoms with van der Waals surface area (Å²) in [5, 5.41) is 6.85. The van der Waals surface area contributed by atoms with Gasteiger partial charge in [-0.2, -0.15) is 0 Å². The van der Waals surface area contributed by atoms with Gasteiger partial charge in [-0.15, -0.1) is 24.0 Å². The van der Waals surface area contributed by atoms with Gasteiger partial charge in [0, 0.05) is 52.2 Å². The van der Waals surface area contributed by atoms with Crippen molar-refractivity contribution in [2.75, 3.05) is 26.7 Å². The molecule has 0 spiro atoms. The van der Waals surface area contributed by atoms with E-state index in [-0.39, 0.29) is 29.9 Å². The molecule has 2 heterocycles. The molecule has 2 aliphatic heterocycles. The van der Waals surface area contributed by atoms with Crippen molar-refractivity contribution in [3.8, 4) is 0 Å². The highest BCUT2D eigenvalue weighted by Crippen LogP contribution is 2.23. The van der Waals surface area contributed by atoms with Crippen molar-refractivity contribution >= 4 is 35.8 Å². The average molecular weight is 562 g/mol. The molecule has 0 saturated carbocycles. The van der Waals surface area contributed by atoms with Crippen LogP contribution in [0.25, 0.3) is 0 Å². The molecule has 0 aromatic heterocycles. The van der Waals surface area contributed by atoms with Crippen LogP contribution in [0.4, 0.5) is 0 Å². The van der Waals surface area contributed by atoms with Gasteiger partial charge in [-0.05, 0) is 42.5 Å². The molecule has 6 nitrogen and oxygen atoms in total. The van der Waals surface area contributed by atoms with Gasteiger partial charge >= 0.3 is 0 Å². The summed E-state index contributed by atoms with van der Waals surface area (Å²) in [5.74, 6) is 1.05. The summed E-state index contributed by atoms with van der Waals surface area (Å²) in [6.45, 7) is 5.26. The van der Waals surface area contributed by atoms with Crippen LogP contribution in [0.2, 0.25) is 0 Å². The Morgan fingerprint density at radius 1 is 1.03 bits per heavy atom. The first-order valence-electron chi connectivity index (χ1n) is 11.8. The van der Waals surface area contributed by atoms with Crippen molar-refractivity contribution in [3.63, 3.8) is 0 Å². The lowest BCUT2D eigenvalue weighted by Gasteiger charge is -2.25. The predicted molar refractivity (Wildman–Crippen MR) is 145 cm³/mol. The fourth-order valence-corrected chi connectivity index (χ4v) is 4.70. The van der Waals surface area contributed by atoms with Crippen LogP contribution in [-0.4, -0.2) is 54.4 Å². The van der Waals surface area contributed by atoms with Crippen molar-refractivity contribution in [2.24, 2.45) is 4.99 Å². The molecule has 1 saturated heterocycles. The Morgan fingerprint density at radius 3 is 2.42 bits per heavy atom. The van der Waals surface area contributed by atoms with Crippen LogP contribution in [0.15, 0.2) is 59.6 Å². The Hall–Kier alpha value is -2.13. The van der Waals surface area contributed by atoms with E-state index in [1.54, 1.807) is 7.05 Å². The number of hydrogen-bond donors (Lipinski definition) is 2. The zero-order valence-corrected chi connectivity index (χ0v) is 21.8. The van der Waals surface area contributed by atoms with Crippen molar-refractivity contribution < 1.29 is 4.79 Å². The lowest BCUT2D eigenvalue weighted by molar-refractivity contribution is -0.131. The van der Waals surface area contributed by atoms with Crippen LogP contribution in [0, 0.1) is 0 Å². The van der Waals surface area contributed by atoms with Crippen LogP contribution in [0.5, 0.6) is 0 Å². The summed E-state index contributed by atoms with van der Waals surface area (Å²) in [5.41, 5.74) is 3.92. The topological polar surface area (TPSA) is 60.0 Å². The Labute approximate surface area is 214 Å². The molecule has 0 aliphatic carbocycles. The van der Waals surface area contributed by atoms with Crippen molar-refractivity contribution in [1.82, 2.24) is 20.4 Å². The highest BCUT2D eigenvalue weighted by atomic mass is 127. The number of aliphatic imine (C=N–C) groups is 1. The first-order valence-corrected chi connectivity index (χ1v) is 11.8. The van der Waals surface area contributed by atoms with E-state index in [1.807, 2.05) is 17.0 Å². The Morgan fingerprint density at radius 2 is 1.73 bits per heavy atom. The molecular formula is C26H36IN5O. The molecule has 1 amide bonds. The third-order valence-corrected chi connectivity index (χ3v) is 6.51. The molecule has 1 unspecified atom stereocenters. The molecule has 2 aliphatic rings. The monoisotopic (exact) mass is 561 g/mol. The zero-order chi connectivity index (χ0) is 22.2. The van der Waals surface area contributed by atoms with Gasteiger partial charge in [-0.3, -0.25) is 14.7 Å². The fourth-order valence-electron chi connectivity index (χ4n) is 4.70. The molecule has 33 heavy (non-hydrogen) atoms. The van der Waals surface area contributed by atoms with Gasteiger partial charge in [0.05, 0.1) is 0 Å². The van der Waals surface area contributed by atoms with E-state index in [2.05, 4.69) is 63.0 Å². The van der Waals surface area contributed by atoms with Gasteiger partial charge in [0.1, 0.15) is 0 Å². The van der Waals surface area contributed by atoms with E-state index in [9.17, 15) is 4.79 Å². The number of carbonyl (C=O) groups excluding carboxylic acids is 1. The van der Waals surface area contributed by atoms with Crippen LogP contribution in [0.1, 0.15) is 42.4 Å². The highest BCUT2D eigenvalue weighted by Gasteiger charge is 2.25. The second-order valence-electron chi connectivity index (χ2n) is 8.75. The van der Waals surface area contributed by atoms with Crippen molar-refractivity contribution in [2.45, 2.75) is 51.4 Å². The van der Waals surface area contributed by atoms with E-state index in [1.165, 1.54) is 29.5 Å². The number of halogens is 1. The van der Waals surface area contributed by atoms with Crippen molar-refractivity contribution in [3.05, 3.63) is 71.3 Å². The van der Waals surface area contributed by atoms with E-state index in [0.29, 0.717) is 12.5 Å². The minimum atomic E-state index is 0. The minimum Gasteiger partial charge on any atom is -0.356 e. The number of likely N-dealkylation sites (tertiary alicyclic amines) is 1. The van der Waals surface area contributed by atoms with Gasteiger partial charge in [-0.1, -0.05) is 54.6 Å². The largest absolute Gasteiger partial charge is 0.356 e. The van der Waals surface area contributed by atoms with Crippen LogP contribution in [0.3, 0.4) is 0 Å². The number of nitrogens with zero attached hydrogens (tertiary/aromatic N) is 3. The summed E-state index contributed by atoms with van der Waals surface area (Å²) in [6.07, 6.45) is 3.82. The summed E-state index contributed by atoms with van der Waals surface area (Å²) >= 11 is 0. The maximum atomic E-state index is 12.6. The lowest BCUT2D eigenvalue weighted by atomic mass is 10.1. The highest BCUT2D eigenvalue weighted by molar-refractivity contribution is 14.0. The molecule has 1 atom stereocenters. The van der Waals surface area contributed by atoms with Crippen molar-refractivity contribution in [1.29, 1.82) is 0 Å².